The summed E-state index contributed by atoms with van der Waals surface area (Å²) in [6.07, 6.45) is 1.14. The number of tetrazole rings is 1. The van der Waals surface area contributed by atoms with Gasteiger partial charge < -0.3 is 5.32 Å². The van der Waals surface area contributed by atoms with Crippen LogP contribution >= 0.6 is 0 Å². The van der Waals surface area contributed by atoms with Crippen LogP contribution in [0.25, 0.3) is 0 Å². The van der Waals surface area contributed by atoms with E-state index in [4.69, 9.17) is 0 Å². The van der Waals surface area contributed by atoms with Gasteiger partial charge in [0.25, 0.3) is 0 Å². The van der Waals surface area contributed by atoms with Gasteiger partial charge in [-0.05, 0) is 37.1 Å². The first-order valence-electron chi connectivity index (χ1n) is 5.92. The monoisotopic (exact) mass is 225 g/mol. The Morgan fingerprint density at radius 3 is 2.62 bits per heavy atom. The van der Waals surface area contributed by atoms with Gasteiger partial charge in [0, 0.05) is 12.1 Å². The van der Waals surface area contributed by atoms with Crippen molar-refractivity contribution in [3.8, 4) is 0 Å². The van der Waals surface area contributed by atoms with Crippen LogP contribution < -0.4 is 5.32 Å². The first kappa shape index (κ1) is 13.1. The molecule has 0 aliphatic rings. The van der Waals surface area contributed by atoms with Gasteiger partial charge in [0.15, 0.2) is 5.82 Å². The lowest BCUT2D eigenvalue weighted by molar-refractivity contribution is 0.386. The van der Waals surface area contributed by atoms with Gasteiger partial charge in [-0.3, -0.25) is 0 Å². The van der Waals surface area contributed by atoms with E-state index in [9.17, 15) is 0 Å². The van der Waals surface area contributed by atoms with Crippen LogP contribution in [0.1, 0.15) is 46.9 Å². The van der Waals surface area contributed by atoms with Gasteiger partial charge >= 0.3 is 0 Å². The van der Waals surface area contributed by atoms with E-state index in [0.717, 1.165) is 18.8 Å². The van der Waals surface area contributed by atoms with Crippen LogP contribution in [-0.4, -0.2) is 25.7 Å². The Labute approximate surface area is 97.6 Å². The summed E-state index contributed by atoms with van der Waals surface area (Å²) in [4.78, 5) is 0. The summed E-state index contributed by atoms with van der Waals surface area (Å²) in [5.41, 5.74) is 0.0904. The highest BCUT2D eigenvalue weighted by Gasteiger charge is 2.13. The van der Waals surface area contributed by atoms with E-state index in [1.54, 1.807) is 0 Å². The molecular formula is C11H23N5. The van der Waals surface area contributed by atoms with E-state index in [1.165, 1.54) is 0 Å². The molecule has 0 amide bonds. The molecule has 5 heteroatoms. The normalized spacial score (nSPS) is 14.1. The minimum atomic E-state index is 0.0904. The van der Waals surface area contributed by atoms with Gasteiger partial charge in [-0.25, -0.2) is 4.68 Å². The molecule has 16 heavy (non-hydrogen) atoms. The van der Waals surface area contributed by atoms with Gasteiger partial charge in [0.05, 0.1) is 6.54 Å². The molecule has 1 aromatic heterocycles. The van der Waals surface area contributed by atoms with E-state index in [0.29, 0.717) is 12.5 Å². The first-order valence-corrected chi connectivity index (χ1v) is 5.92. The van der Waals surface area contributed by atoms with E-state index in [1.807, 2.05) is 4.68 Å². The summed E-state index contributed by atoms with van der Waals surface area (Å²) in [7, 11) is 0. The van der Waals surface area contributed by atoms with E-state index in [2.05, 4.69) is 55.5 Å². The summed E-state index contributed by atoms with van der Waals surface area (Å²) in [5, 5.41) is 15.2. The zero-order chi connectivity index (χ0) is 12.2. The molecule has 0 fully saturated rings. The highest BCUT2D eigenvalue weighted by molar-refractivity contribution is 4.83. The van der Waals surface area contributed by atoms with Crippen LogP contribution in [-0.2, 0) is 13.1 Å². The molecular weight excluding hydrogens is 202 g/mol. The van der Waals surface area contributed by atoms with Crippen LogP contribution in [0.5, 0.6) is 0 Å². The van der Waals surface area contributed by atoms with Crippen molar-refractivity contribution >= 4 is 0 Å². The second-order valence-corrected chi connectivity index (χ2v) is 5.39. The third-order valence-corrected chi connectivity index (χ3v) is 2.56. The highest BCUT2D eigenvalue weighted by atomic mass is 15.5. The smallest absolute Gasteiger partial charge is 0.165 e. The molecule has 1 atom stereocenters. The maximum atomic E-state index is 4.05. The summed E-state index contributed by atoms with van der Waals surface area (Å²) in [6.45, 7) is 12.4. The fraction of sp³-hybridized carbons (Fsp3) is 0.909. The molecule has 1 rings (SSSR count). The molecule has 0 aliphatic heterocycles. The van der Waals surface area contributed by atoms with Crippen molar-refractivity contribution < 1.29 is 0 Å². The summed E-state index contributed by atoms with van der Waals surface area (Å²) in [5.74, 6) is 1.52. The fourth-order valence-electron chi connectivity index (χ4n) is 1.26. The van der Waals surface area contributed by atoms with Crippen LogP contribution in [0.4, 0.5) is 0 Å². The standard InChI is InChI=1S/C11H23N5/c1-6-9(2)8-16-10(13-14-15-16)7-12-11(3,4)5/h9,12H,6-8H2,1-5H3. The molecule has 0 radical (unpaired) electrons. The molecule has 1 unspecified atom stereocenters. The molecule has 0 saturated heterocycles. The minimum absolute atomic E-state index is 0.0904. The molecule has 0 aromatic carbocycles. The number of nitrogens with one attached hydrogen (secondary N) is 1. The Kier molecular flexibility index (Phi) is 4.41. The van der Waals surface area contributed by atoms with Crippen molar-refractivity contribution in [2.75, 3.05) is 0 Å². The predicted octanol–water partition coefficient (Wildman–Crippen LogP) is 1.61. The maximum absolute atomic E-state index is 4.05. The largest absolute Gasteiger partial charge is 0.305 e. The second kappa shape index (κ2) is 5.39. The van der Waals surface area contributed by atoms with Gasteiger partial charge in [-0.15, -0.1) is 5.10 Å². The summed E-state index contributed by atoms with van der Waals surface area (Å²) in [6, 6.07) is 0. The van der Waals surface area contributed by atoms with Crippen LogP contribution in [0, 0.1) is 5.92 Å². The van der Waals surface area contributed by atoms with Gasteiger partial charge in [0.2, 0.25) is 0 Å². The Hall–Kier alpha value is -0.970. The number of rotatable bonds is 5. The Bertz CT molecular complexity index is 312. The van der Waals surface area contributed by atoms with Gasteiger partial charge in [0.1, 0.15) is 0 Å². The minimum Gasteiger partial charge on any atom is -0.305 e. The van der Waals surface area contributed by atoms with Crippen molar-refractivity contribution in [3.05, 3.63) is 5.82 Å². The van der Waals surface area contributed by atoms with Gasteiger partial charge in [-0.1, -0.05) is 20.3 Å². The SMILES string of the molecule is CCC(C)Cn1nnnc1CNC(C)(C)C. The molecule has 1 heterocycles. The Morgan fingerprint density at radius 2 is 2.06 bits per heavy atom. The lowest BCUT2D eigenvalue weighted by atomic mass is 10.1. The third-order valence-electron chi connectivity index (χ3n) is 2.56. The number of aromatic nitrogens is 4. The average molecular weight is 225 g/mol. The molecule has 0 spiro atoms. The summed E-state index contributed by atoms with van der Waals surface area (Å²) >= 11 is 0. The predicted molar refractivity (Wildman–Crippen MR) is 63.9 cm³/mol. The molecule has 92 valence electrons. The Balaban J connectivity index is 2.57. The van der Waals surface area contributed by atoms with E-state index < -0.39 is 0 Å². The second-order valence-electron chi connectivity index (χ2n) is 5.39. The molecule has 0 bridgehead atoms. The third kappa shape index (κ3) is 4.26. The fourth-order valence-corrected chi connectivity index (χ4v) is 1.26. The van der Waals surface area contributed by atoms with E-state index in [-0.39, 0.29) is 5.54 Å². The number of hydrogen-bond donors (Lipinski definition) is 1. The van der Waals surface area contributed by atoms with Crippen molar-refractivity contribution in [1.29, 1.82) is 0 Å². The molecule has 0 saturated carbocycles. The highest BCUT2D eigenvalue weighted by Crippen LogP contribution is 2.06. The van der Waals surface area contributed by atoms with Crippen molar-refractivity contribution in [3.63, 3.8) is 0 Å². The van der Waals surface area contributed by atoms with Gasteiger partial charge in [-0.2, -0.15) is 0 Å². The number of nitrogens with zero attached hydrogens (tertiary/aromatic N) is 4. The molecule has 1 aromatic rings. The van der Waals surface area contributed by atoms with Crippen molar-refractivity contribution in [1.82, 2.24) is 25.5 Å². The molecule has 1 N–H and O–H groups in total. The molecule has 5 nitrogen and oxygen atoms in total. The lowest BCUT2D eigenvalue weighted by Crippen LogP contribution is -2.36. The van der Waals surface area contributed by atoms with Crippen molar-refractivity contribution in [2.24, 2.45) is 5.92 Å². The summed E-state index contributed by atoms with van der Waals surface area (Å²) < 4.78 is 1.90. The lowest BCUT2D eigenvalue weighted by Gasteiger charge is -2.20. The topological polar surface area (TPSA) is 55.6 Å². The van der Waals surface area contributed by atoms with Crippen LogP contribution in [0.2, 0.25) is 0 Å². The first-order chi connectivity index (χ1) is 7.42. The maximum Gasteiger partial charge on any atom is 0.165 e. The van der Waals surface area contributed by atoms with Crippen molar-refractivity contribution in [2.45, 2.75) is 59.7 Å². The van der Waals surface area contributed by atoms with Crippen LogP contribution in [0.3, 0.4) is 0 Å². The zero-order valence-corrected chi connectivity index (χ0v) is 11.0. The van der Waals surface area contributed by atoms with E-state index >= 15 is 0 Å². The Morgan fingerprint density at radius 1 is 1.38 bits per heavy atom. The molecule has 0 aliphatic carbocycles. The zero-order valence-electron chi connectivity index (χ0n) is 11.0. The average Bonchev–Trinajstić information content (AvgIpc) is 2.61. The number of hydrogen-bond acceptors (Lipinski definition) is 4. The quantitative estimate of drug-likeness (QED) is 0.827. The van der Waals surface area contributed by atoms with Crippen LogP contribution in [0.15, 0.2) is 0 Å².